The van der Waals surface area contributed by atoms with E-state index in [-0.39, 0.29) is 46.6 Å². The van der Waals surface area contributed by atoms with Crippen molar-refractivity contribution in [3.05, 3.63) is 23.8 Å². The summed E-state index contributed by atoms with van der Waals surface area (Å²) >= 11 is 0. The molecule has 1 rings (SSSR count). The molecule has 0 heterocycles. The molecule has 0 amide bonds. The summed E-state index contributed by atoms with van der Waals surface area (Å²) < 4.78 is 41.9. The van der Waals surface area contributed by atoms with Crippen LogP contribution in [0.15, 0.2) is 18.2 Å². The van der Waals surface area contributed by atoms with Crippen LogP contribution in [0, 0.1) is 0 Å². The zero-order chi connectivity index (χ0) is 12.3. The molecule has 0 saturated carbocycles. The molecule has 1 unspecified atom stereocenters. The standard InChI is InChI=1S/C9H12O6S.Na/c1-14-7-5-3-4-6(8(7)15-2)9(10)16(11,12)13;/h3-5,9-10H,1-2H3,(H,11,12,13);/q;+1/p-1. The largest absolute Gasteiger partial charge is 1.00 e. The van der Waals surface area contributed by atoms with Crippen molar-refractivity contribution in [1.29, 1.82) is 0 Å². The summed E-state index contributed by atoms with van der Waals surface area (Å²) in [4.78, 5) is 0. The summed E-state index contributed by atoms with van der Waals surface area (Å²) in [7, 11) is -2.20. The van der Waals surface area contributed by atoms with E-state index in [4.69, 9.17) is 9.47 Å². The van der Waals surface area contributed by atoms with Crippen molar-refractivity contribution in [3.8, 4) is 11.5 Å². The summed E-state index contributed by atoms with van der Waals surface area (Å²) in [6.07, 6.45) is 0. The van der Waals surface area contributed by atoms with E-state index in [9.17, 15) is 18.1 Å². The Hall–Kier alpha value is -0.310. The van der Waals surface area contributed by atoms with Crippen LogP contribution in [0.1, 0.15) is 11.0 Å². The van der Waals surface area contributed by atoms with Crippen LogP contribution in [0.5, 0.6) is 11.5 Å². The third kappa shape index (κ3) is 3.84. The Morgan fingerprint density at radius 1 is 1.29 bits per heavy atom. The SMILES string of the molecule is COc1cccc(C(O)S(=O)(=O)[O-])c1OC.[Na+]. The molecule has 0 spiro atoms. The minimum absolute atomic E-state index is 0. The number of methoxy groups -OCH3 is 2. The van der Waals surface area contributed by atoms with E-state index in [0.717, 1.165) is 0 Å². The number of ether oxygens (including phenoxy) is 2. The average Bonchev–Trinajstić information content (AvgIpc) is 2.25. The molecule has 1 atom stereocenters. The average molecular weight is 270 g/mol. The van der Waals surface area contributed by atoms with Gasteiger partial charge in [-0.1, -0.05) is 12.1 Å². The van der Waals surface area contributed by atoms with Gasteiger partial charge in [0.15, 0.2) is 16.9 Å². The van der Waals surface area contributed by atoms with Crippen molar-refractivity contribution in [2.24, 2.45) is 0 Å². The molecule has 17 heavy (non-hydrogen) atoms. The molecule has 0 saturated heterocycles. The van der Waals surface area contributed by atoms with Gasteiger partial charge >= 0.3 is 29.6 Å². The van der Waals surface area contributed by atoms with Gasteiger partial charge in [0, 0.05) is 5.56 Å². The van der Waals surface area contributed by atoms with Crippen molar-refractivity contribution in [2.75, 3.05) is 14.2 Å². The Bertz CT molecular complexity index is 472. The van der Waals surface area contributed by atoms with Gasteiger partial charge in [0.1, 0.15) is 10.1 Å². The molecule has 6 nitrogen and oxygen atoms in total. The smallest absolute Gasteiger partial charge is 0.746 e. The quantitative estimate of drug-likeness (QED) is 0.470. The van der Waals surface area contributed by atoms with Crippen LogP contribution in [0.25, 0.3) is 0 Å². The fourth-order valence-electron chi connectivity index (χ4n) is 1.26. The van der Waals surface area contributed by atoms with Crippen LogP contribution in [-0.4, -0.2) is 32.3 Å². The van der Waals surface area contributed by atoms with Gasteiger partial charge in [-0.05, 0) is 6.07 Å². The summed E-state index contributed by atoms with van der Waals surface area (Å²) in [5.74, 6) is 0.264. The molecule has 0 aromatic heterocycles. The van der Waals surface area contributed by atoms with E-state index in [1.165, 1.54) is 32.4 Å². The Labute approximate surface area is 122 Å². The number of benzene rings is 1. The molecule has 0 aliphatic heterocycles. The summed E-state index contributed by atoms with van der Waals surface area (Å²) in [5, 5.41) is 9.35. The molecule has 90 valence electrons. The molecule has 1 N–H and O–H groups in total. The Morgan fingerprint density at radius 2 is 1.88 bits per heavy atom. The van der Waals surface area contributed by atoms with E-state index in [2.05, 4.69) is 0 Å². The summed E-state index contributed by atoms with van der Waals surface area (Å²) in [5.41, 5.74) is -2.31. The molecule has 0 aliphatic rings. The van der Waals surface area contributed by atoms with E-state index in [1.54, 1.807) is 0 Å². The normalized spacial score (nSPS) is 12.5. The first kappa shape index (κ1) is 16.7. The van der Waals surface area contributed by atoms with Crippen LogP contribution in [0.2, 0.25) is 0 Å². The van der Waals surface area contributed by atoms with E-state index in [0.29, 0.717) is 0 Å². The molecule has 0 bridgehead atoms. The second-order valence-electron chi connectivity index (χ2n) is 2.93. The fourth-order valence-corrected chi connectivity index (χ4v) is 1.76. The molecule has 8 heteroatoms. The van der Waals surface area contributed by atoms with Gasteiger partial charge in [0.2, 0.25) is 0 Å². The molecule has 1 aromatic rings. The molecule has 0 radical (unpaired) electrons. The van der Waals surface area contributed by atoms with Gasteiger partial charge in [0.05, 0.1) is 14.2 Å². The minimum atomic E-state index is -4.84. The molecular weight excluding hydrogens is 259 g/mol. The maximum absolute atomic E-state index is 10.7. The molecule has 0 aliphatic carbocycles. The maximum Gasteiger partial charge on any atom is 1.00 e. The van der Waals surface area contributed by atoms with Crippen LogP contribution >= 0.6 is 0 Å². The van der Waals surface area contributed by atoms with Gasteiger partial charge in [-0.2, -0.15) is 0 Å². The zero-order valence-electron chi connectivity index (χ0n) is 9.71. The van der Waals surface area contributed by atoms with Crippen molar-refractivity contribution in [1.82, 2.24) is 0 Å². The van der Waals surface area contributed by atoms with E-state index in [1.807, 2.05) is 0 Å². The third-order valence-electron chi connectivity index (χ3n) is 1.97. The van der Waals surface area contributed by atoms with E-state index >= 15 is 0 Å². The third-order valence-corrected chi connectivity index (χ3v) is 2.77. The van der Waals surface area contributed by atoms with Crippen LogP contribution in [-0.2, 0) is 10.1 Å². The summed E-state index contributed by atoms with van der Waals surface area (Å²) in [6.45, 7) is 0. The molecule has 0 fully saturated rings. The van der Waals surface area contributed by atoms with Gasteiger partial charge in [-0.25, -0.2) is 8.42 Å². The maximum atomic E-state index is 10.7. The van der Waals surface area contributed by atoms with Gasteiger partial charge in [0.25, 0.3) is 0 Å². The van der Waals surface area contributed by atoms with Gasteiger partial charge in [-0.3, -0.25) is 0 Å². The minimum Gasteiger partial charge on any atom is -0.746 e. The number of hydrogen-bond acceptors (Lipinski definition) is 6. The van der Waals surface area contributed by atoms with Crippen LogP contribution < -0.4 is 39.0 Å². The first-order chi connectivity index (χ1) is 7.41. The monoisotopic (exact) mass is 270 g/mol. The van der Waals surface area contributed by atoms with E-state index < -0.39 is 15.6 Å². The van der Waals surface area contributed by atoms with Crippen LogP contribution in [0.4, 0.5) is 0 Å². The molecular formula is C9H11NaO6S. The molecule has 1 aromatic carbocycles. The first-order valence-corrected chi connectivity index (χ1v) is 5.72. The second kappa shape index (κ2) is 6.58. The zero-order valence-corrected chi connectivity index (χ0v) is 12.5. The topological polar surface area (TPSA) is 95.9 Å². The van der Waals surface area contributed by atoms with Crippen molar-refractivity contribution >= 4 is 10.1 Å². The predicted molar refractivity (Wildman–Crippen MR) is 54.2 cm³/mol. The first-order valence-electron chi connectivity index (χ1n) is 4.25. The van der Waals surface area contributed by atoms with Crippen molar-refractivity contribution < 1.29 is 57.1 Å². The van der Waals surface area contributed by atoms with Crippen LogP contribution in [0.3, 0.4) is 0 Å². The Balaban J connectivity index is 0.00000256. The van der Waals surface area contributed by atoms with Gasteiger partial charge < -0.3 is 19.1 Å². The fraction of sp³-hybridized carbons (Fsp3) is 0.333. The van der Waals surface area contributed by atoms with Crippen molar-refractivity contribution in [2.45, 2.75) is 5.44 Å². The summed E-state index contributed by atoms with van der Waals surface area (Å²) in [6, 6.07) is 4.25. The number of aliphatic hydroxyl groups excluding tert-OH is 1. The number of aliphatic hydroxyl groups is 1. The number of hydrogen-bond donors (Lipinski definition) is 1. The Morgan fingerprint density at radius 3 is 2.29 bits per heavy atom. The Kier molecular flexibility index (Phi) is 6.46. The van der Waals surface area contributed by atoms with Gasteiger partial charge in [-0.15, -0.1) is 0 Å². The predicted octanol–water partition coefficient (Wildman–Crippen LogP) is -2.76. The number of para-hydroxylation sites is 1. The number of rotatable bonds is 4. The second-order valence-corrected chi connectivity index (χ2v) is 4.36. The van der Waals surface area contributed by atoms with Crippen molar-refractivity contribution in [3.63, 3.8) is 0 Å².